The largest absolute Gasteiger partial charge is 0.491 e. The van der Waals surface area contributed by atoms with Crippen molar-refractivity contribution in [1.29, 1.82) is 0 Å². The first-order valence-corrected chi connectivity index (χ1v) is 6.35. The molecule has 18 heavy (non-hydrogen) atoms. The van der Waals surface area contributed by atoms with Gasteiger partial charge in [-0.05, 0) is 24.1 Å². The van der Waals surface area contributed by atoms with Crippen molar-refractivity contribution in [2.45, 2.75) is 19.8 Å². The monoisotopic (exact) mass is 253 g/mol. The fourth-order valence-electron chi connectivity index (χ4n) is 1.54. The molecule has 0 unspecified atom stereocenters. The van der Waals surface area contributed by atoms with Gasteiger partial charge in [0.25, 0.3) is 0 Å². The highest BCUT2D eigenvalue weighted by molar-refractivity contribution is 5.54. The zero-order valence-corrected chi connectivity index (χ0v) is 11.3. The average Bonchev–Trinajstić information content (AvgIpc) is 2.39. The van der Waals surface area contributed by atoms with Crippen LogP contribution >= 0.6 is 0 Å². The van der Waals surface area contributed by atoms with E-state index in [1.807, 2.05) is 18.2 Å². The first-order valence-electron chi connectivity index (χ1n) is 6.35. The molecule has 0 aliphatic heterocycles. The molecule has 0 aliphatic rings. The normalized spacial score (nSPS) is 10.6. The number of rotatable bonds is 9. The summed E-state index contributed by atoms with van der Waals surface area (Å²) >= 11 is 0. The summed E-state index contributed by atoms with van der Waals surface area (Å²) in [6.45, 7) is 4.65. The fourth-order valence-corrected chi connectivity index (χ4v) is 1.54. The molecule has 0 saturated carbocycles. The summed E-state index contributed by atoms with van der Waals surface area (Å²) in [5, 5.41) is 0. The third kappa shape index (κ3) is 5.38. The van der Waals surface area contributed by atoms with Gasteiger partial charge < -0.3 is 19.9 Å². The maximum absolute atomic E-state index is 5.90. The summed E-state index contributed by atoms with van der Waals surface area (Å²) in [6.07, 6.45) is 1.83. The maximum atomic E-state index is 5.90. The number of hydrogen-bond donors (Lipinski definition) is 1. The van der Waals surface area contributed by atoms with E-state index in [1.165, 1.54) is 5.56 Å². The highest BCUT2D eigenvalue weighted by Crippen LogP contribution is 2.22. The summed E-state index contributed by atoms with van der Waals surface area (Å²) in [5.41, 5.74) is 7.83. The van der Waals surface area contributed by atoms with Crippen molar-refractivity contribution in [2.24, 2.45) is 0 Å². The number of benzene rings is 1. The van der Waals surface area contributed by atoms with E-state index < -0.39 is 0 Å². The highest BCUT2D eigenvalue weighted by Gasteiger charge is 2.01. The smallest absolute Gasteiger partial charge is 0.142 e. The lowest BCUT2D eigenvalue weighted by Crippen LogP contribution is -2.07. The minimum atomic E-state index is 0.614. The molecule has 0 spiro atoms. The van der Waals surface area contributed by atoms with E-state index in [0.29, 0.717) is 32.1 Å². The van der Waals surface area contributed by atoms with Crippen LogP contribution in [0.2, 0.25) is 0 Å². The summed E-state index contributed by atoms with van der Waals surface area (Å²) in [6, 6.07) is 5.94. The number of methoxy groups -OCH3 is 1. The van der Waals surface area contributed by atoms with Crippen LogP contribution < -0.4 is 10.5 Å². The molecule has 0 heterocycles. The van der Waals surface area contributed by atoms with Gasteiger partial charge in [-0.3, -0.25) is 0 Å². The number of ether oxygens (including phenoxy) is 3. The van der Waals surface area contributed by atoms with Crippen LogP contribution in [-0.4, -0.2) is 33.5 Å². The fraction of sp³-hybridized carbons (Fsp3) is 0.571. The molecule has 0 aromatic heterocycles. The average molecular weight is 253 g/mol. The molecule has 0 atom stereocenters. The van der Waals surface area contributed by atoms with E-state index in [-0.39, 0.29) is 0 Å². The minimum absolute atomic E-state index is 0.614. The Labute approximate surface area is 109 Å². The Bertz CT molecular complexity index is 342. The van der Waals surface area contributed by atoms with E-state index in [2.05, 4.69) is 6.92 Å². The third-order valence-corrected chi connectivity index (χ3v) is 2.60. The quantitative estimate of drug-likeness (QED) is 0.542. The van der Waals surface area contributed by atoms with Crippen molar-refractivity contribution in [3.63, 3.8) is 0 Å². The van der Waals surface area contributed by atoms with Gasteiger partial charge in [0, 0.05) is 20.1 Å². The predicted molar refractivity (Wildman–Crippen MR) is 73.0 cm³/mol. The summed E-state index contributed by atoms with van der Waals surface area (Å²) < 4.78 is 15.8. The van der Waals surface area contributed by atoms with Crippen molar-refractivity contribution < 1.29 is 14.2 Å². The SMILES string of the molecule is CCc1ccc(OCCCOCCOC)c(N)c1. The van der Waals surface area contributed by atoms with Gasteiger partial charge in [-0.25, -0.2) is 0 Å². The van der Waals surface area contributed by atoms with Crippen LogP contribution in [0.5, 0.6) is 5.75 Å². The molecular weight excluding hydrogens is 230 g/mol. The lowest BCUT2D eigenvalue weighted by molar-refractivity contribution is 0.0645. The Morgan fingerprint density at radius 2 is 1.94 bits per heavy atom. The number of nitrogens with two attached hydrogens (primary N) is 1. The lowest BCUT2D eigenvalue weighted by atomic mass is 10.1. The summed E-state index contributed by atoms with van der Waals surface area (Å²) in [4.78, 5) is 0. The summed E-state index contributed by atoms with van der Waals surface area (Å²) in [7, 11) is 1.66. The van der Waals surface area contributed by atoms with Crippen molar-refractivity contribution in [3.8, 4) is 5.75 Å². The van der Waals surface area contributed by atoms with Crippen molar-refractivity contribution in [2.75, 3.05) is 39.3 Å². The van der Waals surface area contributed by atoms with Gasteiger partial charge in [0.15, 0.2) is 0 Å². The van der Waals surface area contributed by atoms with Crippen molar-refractivity contribution in [3.05, 3.63) is 23.8 Å². The van der Waals surface area contributed by atoms with E-state index >= 15 is 0 Å². The molecule has 4 nitrogen and oxygen atoms in total. The van der Waals surface area contributed by atoms with Crippen LogP contribution in [0.3, 0.4) is 0 Å². The maximum Gasteiger partial charge on any atom is 0.142 e. The molecule has 0 bridgehead atoms. The van der Waals surface area contributed by atoms with Crippen LogP contribution in [0.25, 0.3) is 0 Å². The van der Waals surface area contributed by atoms with Crippen molar-refractivity contribution in [1.82, 2.24) is 0 Å². The number of hydrogen-bond acceptors (Lipinski definition) is 4. The Hall–Kier alpha value is -1.26. The molecule has 102 valence electrons. The molecule has 0 radical (unpaired) electrons. The second-order valence-electron chi connectivity index (χ2n) is 4.03. The highest BCUT2D eigenvalue weighted by atomic mass is 16.5. The van der Waals surface area contributed by atoms with Crippen LogP contribution in [0, 0.1) is 0 Å². The Balaban J connectivity index is 2.19. The van der Waals surface area contributed by atoms with Gasteiger partial charge in [-0.1, -0.05) is 13.0 Å². The zero-order valence-electron chi connectivity index (χ0n) is 11.3. The molecule has 1 aromatic rings. The Morgan fingerprint density at radius 1 is 1.11 bits per heavy atom. The van der Waals surface area contributed by atoms with Gasteiger partial charge in [0.2, 0.25) is 0 Å². The van der Waals surface area contributed by atoms with Crippen LogP contribution in [0.1, 0.15) is 18.9 Å². The number of aryl methyl sites for hydroxylation is 1. The Morgan fingerprint density at radius 3 is 2.61 bits per heavy atom. The van der Waals surface area contributed by atoms with Gasteiger partial charge in [-0.2, -0.15) is 0 Å². The molecule has 2 N–H and O–H groups in total. The van der Waals surface area contributed by atoms with Crippen LogP contribution in [0.15, 0.2) is 18.2 Å². The van der Waals surface area contributed by atoms with Crippen molar-refractivity contribution >= 4 is 5.69 Å². The molecule has 0 aliphatic carbocycles. The van der Waals surface area contributed by atoms with Crippen LogP contribution in [0.4, 0.5) is 5.69 Å². The number of anilines is 1. The zero-order chi connectivity index (χ0) is 13.2. The van der Waals surface area contributed by atoms with E-state index in [0.717, 1.165) is 18.6 Å². The molecular formula is C14H23NO3. The van der Waals surface area contributed by atoms with E-state index in [1.54, 1.807) is 7.11 Å². The van der Waals surface area contributed by atoms with E-state index in [4.69, 9.17) is 19.9 Å². The van der Waals surface area contributed by atoms with Gasteiger partial charge in [0.05, 0.1) is 25.5 Å². The van der Waals surface area contributed by atoms with Gasteiger partial charge >= 0.3 is 0 Å². The van der Waals surface area contributed by atoms with Crippen LogP contribution in [-0.2, 0) is 15.9 Å². The van der Waals surface area contributed by atoms with Gasteiger partial charge in [0.1, 0.15) is 5.75 Å². The predicted octanol–water partition coefficient (Wildman–Crippen LogP) is 2.26. The Kier molecular flexibility index (Phi) is 7.22. The molecule has 0 amide bonds. The first kappa shape index (κ1) is 14.8. The second kappa shape index (κ2) is 8.78. The molecule has 1 aromatic carbocycles. The topological polar surface area (TPSA) is 53.7 Å². The summed E-state index contributed by atoms with van der Waals surface area (Å²) in [5.74, 6) is 0.754. The molecule has 4 heteroatoms. The molecule has 1 rings (SSSR count). The third-order valence-electron chi connectivity index (χ3n) is 2.60. The first-order chi connectivity index (χ1) is 8.77. The number of nitrogen functional groups attached to an aromatic ring is 1. The van der Waals surface area contributed by atoms with E-state index in [9.17, 15) is 0 Å². The molecule has 0 fully saturated rings. The standard InChI is InChI=1S/C14H23NO3/c1-3-12-5-6-14(13(15)11-12)18-8-4-7-17-10-9-16-2/h5-6,11H,3-4,7-10,15H2,1-2H3. The van der Waals surface area contributed by atoms with Gasteiger partial charge in [-0.15, -0.1) is 0 Å². The lowest BCUT2D eigenvalue weighted by Gasteiger charge is -2.10. The second-order valence-corrected chi connectivity index (χ2v) is 4.03. The minimum Gasteiger partial charge on any atom is -0.491 e. The molecule has 0 saturated heterocycles.